The molecule has 7 nitrogen and oxygen atoms in total. The number of hydrogen-bond donors (Lipinski definition) is 3. The molecule has 0 aliphatic carbocycles. The van der Waals surface area contributed by atoms with Gasteiger partial charge in [0.15, 0.2) is 23.2 Å². The van der Waals surface area contributed by atoms with Gasteiger partial charge in [-0.2, -0.15) is 13.9 Å². The highest BCUT2D eigenvalue weighted by Crippen LogP contribution is 2.35. The average molecular weight is 356 g/mol. The van der Waals surface area contributed by atoms with Crippen molar-refractivity contribution in [2.75, 3.05) is 0 Å². The van der Waals surface area contributed by atoms with Crippen molar-refractivity contribution in [3.63, 3.8) is 0 Å². The van der Waals surface area contributed by atoms with Crippen LogP contribution in [0.25, 0.3) is 17.5 Å². The smallest absolute Gasteiger partial charge is 0.331 e. The average Bonchev–Trinajstić information content (AvgIpc) is 3.10. The van der Waals surface area contributed by atoms with Crippen LogP contribution in [0.4, 0.5) is 8.78 Å². The van der Waals surface area contributed by atoms with E-state index in [4.69, 9.17) is 5.41 Å². The molecule has 0 amide bonds. The molecule has 2 aromatic heterocycles. The normalized spacial score (nSPS) is 11.8. The zero-order valence-corrected chi connectivity index (χ0v) is 13.6. The number of aromatic hydroxyl groups is 1. The molecule has 1 aromatic carbocycles. The lowest BCUT2D eigenvalue weighted by molar-refractivity contribution is 0.0332. The SMILES string of the molecule is CC(=N)/C=C\c1n[nH]c(C(F)(F)c2cccc(-c3ncc(O)cn3)c2)n1. The highest BCUT2D eigenvalue weighted by molar-refractivity contribution is 5.93. The summed E-state index contributed by atoms with van der Waals surface area (Å²) in [6.45, 7) is 1.55. The maximum Gasteiger partial charge on any atom is 0.331 e. The van der Waals surface area contributed by atoms with E-state index in [0.29, 0.717) is 5.56 Å². The van der Waals surface area contributed by atoms with Crippen LogP contribution in [0.15, 0.2) is 42.7 Å². The molecule has 0 saturated heterocycles. The van der Waals surface area contributed by atoms with Gasteiger partial charge < -0.3 is 10.5 Å². The van der Waals surface area contributed by atoms with Crippen LogP contribution in [0.1, 0.15) is 24.1 Å². The lowest BCUT2D eigenvalue weighted by Gasteiger charge is -2.14. The summed E-state index contributed by atoms with van der Waals surface area (Å²) in [4.78, 5) is 11.6. The number of allylic oxidation sites excluding steroid dienone is 1. The van der Waals surface area contributed by atoms with E-state index in [1.54, 1.807) is 13.0 Å². The molecule has 0 aliphatic rings. The Kier molecular flexibility index (Phi) is 4.53. The van der Waals surface area contributed by atoms with Gasteiger partial charge in [-0.05, 0) is 25.1 Å². The van der Waals surface area contributed by atoms with E-state index in [1.165, 1.54) is 42.7 Å². The Morgan fingerprint density at radius 3 is 2.69 bits per heavy atom. The number of nitrogens with one attached hydrogen (secondary N) is 2. The summed E-state index contributed by atoms with van der Waals surface area (Å²) >= 11 is 0. The number of aromatic nitrogens is 5. The van der Waals surface area contributed by atoms with E-state index in [2.05, 4.69) is 25.1 Å². The van der Waals surface area contributed by atoms with E-state index in [9.17, 15) is 13.9 Å². The lowest BCUT2D eigenvalue weighted by atomic mass is 10.0. The van der Waals surface area contributed by atoms with E-state index in [1.807, 2.05) is 0 Å². The largest absolute Gasteiger partial charge is 0.505 e. The molecule has 0 spiro atoms. The minimum atomic E-state index is -3.41. The van der Waals surface area contributed by atoms with Gasteiger partial charge in [-0.25, -0.2) is 15.0 Å². The Balaban J connectivity index is 1.93. The molecule has 3 rings (SSSR count). The number of rotatable bonds is 5. The maximum absolute atomic E-state index is 14.8. The van der Waals surface area contributed by atoms with E-state index in [0.717, 1.165) is 0 Å². The third kappa shape index (κ3) is 3.61. The van der Waals surface area contributed by atoms with Gasteiger partial charge in [-0.1, -0.05) is 18.2 Å². The van der Waals surface area contributed by atoms with Gasteiger partial charge in [0.1, 0.15) is 0 Å². The summed E-state index contributed by atoms with van der Waals surface area (Å²) in [5, 5.41) is 22.5. The summed E-state index contributed by atoms with van der Waals surface area (Å²) < 4.78 is 29.6. The van der Waals surface area contributed by atoms with Gasteiger partial charge in [0.05, 0.1) is 12.4 Å². The highest BCUT2D eigenvalue weighted by atomic mass is 19.3. The molecule has 26 heavy (non-hydrogen) atoms. The maximum atomic E-state index is 14.8. The molecule has 132 valence electrons. The summed E-state index contributed by atoms with van der Waals surface area (Å²) in [6.07, 6.45) is 5.16. The molecule has 0 saturated carbocycles. The third-order valence-corrected chi connectivity index (χ3v) is 3.40. The first-order valence-electron chi connectivity index (χ1n) is 7.52. The van der Waals surface area contributed by atoms with Crippen LogP contribution >= 0.6 is 0 Å². The summed E-state index contributed by atoms with van der Waals surface area (Å²) in [6, 6.07) is 5.58. The van der Waals surface area contributed by atoms with Crippen LogP contribution in [-0.4, -0.2) is 36.0 Å². The van der Waals surface area contributed by atoms with Crippen LogP contribution < -0.4 is 0 Å². The molecule has 0 bridgehead atoms. The zero-order chi connectivity index (χ0) is 18.7. The molecule has 0 radical (unpaired) electrons. The van der Waals surface area contributed by atoms with Gasteiger partial charge in [0.2, 0.25) is 0 Å². The fraction of sp³-hybridized carbons (Fsp3) is 0.118. The number of nitrogens with zero attached hydrogens (tertiary/aromatic N) is 4. The molecule has 2 heterocycles. The predicted molar refractivity (Wildman–Crippen MR) is 90.9 cm³/mol. The van der Waals surface area contributed by atoms with E-state index in [-0.39, 0.29) is 28.7 Å². The number of benzene rings is 1. The Hall–Kier alpha value is -3.49. The molecular weight excluding hydrogens is 342 g/mol. The first kappa shape index (κ1) is 17.3. The van der Waals surface area contributed by atoms with Gasteiger partial charge in [-0.3, -0.25) is 5.10 Å². The molecule has 0 unspecified atom stereocenters. The fourth-order valence-electron chi connectivity index (χ4n) is 2.15. The van der Waals surface area contributed by atoms with Gasteiger partial charge in [-0.15, -0.1) is 0 Å². The third-order valence-electron chi connectivity index (χ3n) is 3.40. The van der Waals surface area contributed by atoms with Crippen molar-refractivity contribution >= 4 is 11.8 Å². The minimum Gasteiger partial charge on any atom is -0.505 e. The first-order valence-corrected chi connectivity index (χ1v) is 7.52. The van der Waals surface area contributed by atoms with Crippen molar-refractivity contribution in [2.45, 2.75) is 12.8 Å². The van der Waals surface area contributed by atoms with Gasteiger partial charge in [0, 0.05) is 16.8 Å². The van der Waals surface area contributed by atoms with Crippen LogP contribution in [0.2, 0.25) is 0 Å². The number of H-pyrrole nitrogens is 1. The molecule has 9 heteroatoms. The topological polar surface area (TPSA) is 111 Å². The monoisotopic (exact) mass is 356 g/mol. The van der Waals surface area contributed by atoms with Crippen molar-refractivity contribution in [3.05, 3.63) is 59.9 Å². The van der Waals surface area contributed by atoms with Crippen molar-refractivity contribution in [1.82, 2.24) is 25.1 Å². The second kappa shape index (κ2) is 6.79. The number of halogens is 2. The molecule has 3 aromatic rings. The number of hydrogen-bond acceptors (Lipinski definition) is 6. The predicted octanol–water partition coefficient (Wildman–Crippen LogP) is 3.16. The van der Waals surface area contributed by atoms with Crippen LogP contribution in [-0.2, 0) is 5.92 Å². The van der Waals surface area contributed by atoms with E-state index >= 15 is 0 Å². The van der Waals surface area contributed by atoms with Crippen molar-refractivity contribution in [2.24, 2.45) is 0 Å². The van der Waals surface area contributed by atoms with Crippen molar-refractivity contribution in [1.29, 1.82) is 5.41 Å². The second-order valence-corrected chi connectivity index (χ2v) is 5.48. The van der Waals surface area contributed by atoms with Crippen LogP contribution in [0, 0.1) is 5.41 Å². The van der Waals surface area contributed by atoms with Crippen molar-refractivity contribution < 1.29 is 13.9 Å². The fourth-order valence-corrected chi connectivity index (χ4v) is 2.15. The van der Waals surface area contributed by atoms with Gasteiger partial charge in [0.25, 0.3) is 0 Å². The molecular formula is C17H14F2N6O. The Morgan fingerprint density at radius 1 is 1.27 bits per heavy atom. The molecule has 3 N–H and O–H groups in total. The van der Waals surface area contributed by atoms with Crippen molar-refractivity contribution in [3.8, 4) is 17.1 Å². The quantitative estimate of drug-likeness (QED) is 0.608. The lowest BCUT2D eigenvalue weighted by Crippen LogP contribution is -2.17. The minimum absolute atomic E-state index is 0.0595. The highest BCUT2D eigenvalue weighted by Gasteiger charge is 2.38. The Labute approximate surface area is 147 Å². The Morgan fingerprint density at radius 2 is 2.00 bits per heavy atom. The first-order chi connectivity index (χ1) is 12.4. The van der Waals surface area contributed by atoms with Gasteiger partial charge >= 0.3 is 5.92 Å². The van der Waals surface area contributed by atoms with Crippen LogP contribution in [0.5, 0.6) is 5.75 Å². The Bertz CT molecular complexity index is 965. The molecule has 0 fully saturated rings. The molecule has 0 atom stereocenters. The number of aromatic amines is 1. The summed E-state index contributed by atoms with van der Waals surface area (Å²) in [5.74, 6) is -3.86. The number of alkyl halides is 2. The standard InChI is InChI=1S/C17H14F2N6O/c1-10(20)5-6-14-23-16(25-24-14)17(18,19)12-4-2-3-11(7-12)15-21-8-13(26)9-22-15/h2-9,20,26H,1H3,(H,23,24,25)/b6-5-,20-10?. The zero-order valence-electron chi connectivity index (χ0n) is 13.6. The summed E-state index contributed by atoms with van der Waals surface area (Å²) in [7, 11) is 0. The summed E-state index contributed by atoms with van der Waals surface area (Å²) in [5.41, 5.74) is 0.326. The second-order valence-electron chi connectivity index (χ2n) is 5.48. The van der Waals surface area contributed by atoms with E-state index < -0.39 is 11.7 Å². The molecule has 0 aliphatic heterocycles. The van der Waals surface area contributed by atoms with Crippen LogP contribution in [0.3, 0.4) is 0 Å².